The molecular weight excluding hydrogens is 336 g/mol. The summed E-state index contributed by atoms with van der Waals surface area (Å²) >= 11 is 0. The van der Waals surface area contributed by atoms with Gasteiger partial charge in [-0.3, -0.25) is 0 Å². The van der Waals surface area contributed by atoms with Gasteiger partial charge >= 0.3 is 0 Å². The van der Waals surface area contributed by atoms with Gasteiger partial charge in [0.05, 0.1) is 25.7 Å². The van der Waals surface area contributed by atoms with Gasteiger partial charge in [0.15, 0.2) is 5.76 Å². The van der Waals surface area contributed by atoms with Crippen LogP contribution in [0.2, 0.25) is 0 Å². The molecule has 0 radical (unpaired) electrons. The predicted molar refractivity (Wildman–Crippen MR) is 80.1 cm³/mol. The molecule has 0 atom stereocenters. The Hall–Kier alpha value is -2.81. The van der Waals surface area contributed by atoms with Crippen molar-refractivity contribution in [2.24, 2.45) is 0 Å². The molecule has 0 N–H and O–H groups in total. The van der Waals surface area contributed by atoms with E-state index in [-0.39, 0.29) is 17.5 Å². The molecule has 0 aromatic carbocycles. The minimum atomic E-state index is -2.54. The van der Waals surface area contributed by atoms with Crippen LogP contribution < -0.4 is 4.74 Å². The molecule has 0 fully saturated rings. The zero-order valence-corrected chi connectivity index (χ0v) is 12.9. The maximum Gasteiger partial charge on any atom is 0.294 e. The van der Waals surface area contributed by atoms with E-state index in [0.29, 0.717) is 31.1 Å². The fraction of sp³-hybridized carbons (Fsp3) is 0.312. The van der Waals surface area contributed by atoms with Gasteiger partial charge in [0.2, 0.25) is 5.82 Å². The second-order valence-corrected chi connectivity index (χ2v) is 5.38. The SMILES string of the molecule is FC(F)COc1ccc(-c2noc(-c3occ4c3CCOC4)n2)nc1. The van der Waals surface area contributed by atoms with Crippen molar-refractivity contribution in [3.05, 3.63) is 35.7 Å². The third-order valence-corrected chi connectivity index (χ3v) is 3.70. The van der Waals surface area contributed by atoms with E-state index in [2.05, 4.69) is 15.1 Å². The van der Waals surface area contributed by atoms with E-state index < -0.39 is 13.0 Å². The first-order valence-corrected chi connectivity index (χ1v) is 7.59. The predicted octanol–water partition coefficient (Wildman–Crippen LogP) is 3.11. The molecule has 0 saturated carbocycles. The molecule has 4 rings (SSSR count). The highest BCUT2D eigenvalue weighted by molar-refractivity contribution is 5.58. The van der Waals surface area contributed by atoms with Crippen LogP contribution in [0.15, 0.2) is 33.5 Å². The first-order valence-electron chi connectivity index (χ1n) is 7.59. The molecule has 0 aliphatic carbocycles. The summed E-state index contributed by atoms with van der Waals surface area (Å²) < 4.78 is 45.3. The number of pyridine rings is 1. The molecule has 1 aliphatic rings. The van der Waals surface area contributed by atoms with E-state index in [1.54, 1.807) is 12.3 Å². The van der Waals surface area contributed by atoms with Crippen molar-refractivity contribution in [1.29, 1.82) is 0 Å². The zero-order valence-electron chi connectivity index (χ0n) is 12.9. The van der Waals surface area contributed by atoms with Gasteiger partial charge in [0.25, 0.3) is 12.3 Å². The molecular formula is C16H13F2N3O4. The van der Waals surface area contributed by atoms with Crippen LogP contribution in [-0.4, -0.2) is 34.8 Å². The highest BCUT2D eigenvalue weighted by atomic mass is 19.3. The zero-order chi connectivity index (χ0) is 17.2. The van der Waals surface area contributed by atoms with Crippen molar-refractivity contribution < 1.29 is 27.2 Å². The van der Waals surface area contributed by atoms with Crippen molar-refractivity contribution in [3.8, 4) is 28.9 Å². The smallest absolute Gasteiger partial charge is 0.294 e. The summed E-state index contributed by atoms with van der Waals surface area (Å²) in [6.45, 7) is 0.435. The van der Waals surface area contributed by atoms with E-state index in [1.165, 1.54) is 12.3 Å². The standard InChI is InChI=1S/C16H13F2N3O4/c17-13(18)8-23-10-1-2-12(19-5-10)15-20-16(25-21-15)14-11-3-4-22-6-9(11)7-24-14/h1-2,5,7,13H,3-4,6,8H2. The molecule has 25 heavy (non-hydrogen) atoms. The lowest BCUT2D eigenvalue weighted by Gasteiger charge is -2.10. The van der Waals surface area contributed by atoms with Crippen LogP contribution in [0.25, 0.3) is 23.2 Å². The minimum absolute atomic E-state index is 0.243. The Labute approximate surface area is 140 Å². The lowest BCUT2D eigenvalue weighted by atomic mass is 10.1. The molecule has 1 aliphatic heterocycles. The van der Waals surface area contributed by atoms with Crippen LogP contribution in [0, 0.1) is 0 Å². The normalized spacial score (nSPS) is 13.9. The summed E-state index contributed by atoms with van der Waals surface area (Å²) in [6, 6.07) is 3.09. The van der Waals surface area contributed by atoms with E-state index in [0.717, 1.165) is 11.1 Å². The highest BCUT2D eigenvalue weighted by Crippen LogP contribution is 2.31. The largest absolute Gasteiger partial charge is 0.486 e. The lowest BCUT2D eigenvalue weighted by Crippen LogP contribution is -2.07. The van der Waals surface area contributed by atoms with Gasteiger partial charge in [0.1, 0.15) is 18.1 Å². The number of halogens is 2. The third kappa shape index (κ3) is 3.22. The number of furan rings is 1. The lowest BCUT2D eigenvalue weighted by molar-refractivity contribution is 0.0817. The summed E-state index contributed by atoms with van der Waals surface area (Å²) in [5.74, 6) is 1.31. The van der Waals surface area contributed by atoms with Crippen molar-refractivity contribution in [3.63, 3.8) is 0 Å². The Morgan fingerprint density at radius 3 is 3.00 bits per heavy atom. The molecule has 4 heterocycles. The van der Waals surface area contributed by atoms with Crippen molar-refractivity contribution in [2.75, 3.05) is 13.2 Å². The molecule has 7 nitrogen and oxygen atoms in total. The Kier molecular flexibility index (Phi) is 4.14. The number of ether oxygens (including phenoxy) is 2. The molecule has 0 amide bonds. The Balaban J connectivity index is 1.54. The first-order chi connectivity index (χ1) is 12.2. The van der Waals surface area contributed by atoms with Crippen LogP contribution in [0.3, 0.4) is 0 Å². The molecule has 0 saturated heterocycles. The second kappa shape index (κ2) is 6.60. The average Bonchev–Trinajstić information content (AvgIpc) is 3.27. The van der Waals surface area contributed by atoms with Gasteiger partial charge in [-0.2, -0.15) is 4.98 Å². The summed E-state index contributed by atoms with van der Waals surface area (Å²) in [6.07, 6.45) is 1.14. The maximum atomic E-state index is 12.1. The summed E-state index contributed by atoms with van der Waals surface area (Å²) in [5, 5.41) is 3.89. The van der Waals surface area contributed by atoms with E-state index in [9.17, 15) is 8.78 Å². The third-order valence-electron chi connectivity index (χ3n) is 3.70. The Morgan fingerprint density at radius 2 is 2.20 bits per heavy atom. The van der Waals surface area contributed by atoms with Crippen molar-refractivity contribution in [1.82, 2.24) is 15.1 Å². The number of aromatic nitrogens is 3. The minimum Gasteiger partial charge on any atom is -0.486 e. The monoisotopic (exact) mass is 349 g/mol. The Bertz CT molecular complexity index is 861. The topological polar surface area (TPSA) is 83.4 Å². The number of rotatable bonds is 5. The van der Waals surface area contributed by atoms with Gasteiger partial charge < -0.3 is 18.4 Å². The van der Waals surface area contributed by atoms with Gasteiger partial charge in [-0.05, 0) is 12.1 Å². The number of hydrogen-bond acceptors (Lipinski definition) is 7. The van der Waals surface area contributed by atoms with E-state index in [4.69, 9.17) is 18.4 Å². The molecule has 3 aromatic heterocycles. The van der Waals surface area contributed by atoms with Crippen LogP contribution in [0.1, 0.15) is 11.1 Å². The van der Waals surface area contributed by atoms with Gasteiger partial charge in [-0.1, -0.05) is 5.16 Å². The fourth-order valence-electron chi connectivity index (χ4n) is 2.53. The second-order valence-electron chi connectivity index (χ2n) is 5.38. The number of fused-ring (bicyclic) bond motifs is 1. The first kappa shape index (κ1) is 15.7. The van der Waals surface area contributed by atoms with Crippen molar-refractivity contribution in [2.45, 2.75) is 19.5 Å². The average molecular weight is 349 g/mol. The van der Waals surface area contributed by atoms with E-state index in [1.807, 2.05) is 0 Å². The molecule has 130 valence electrons. The number of alkyl halides is 2. The van der Waals surface area contributed by atoms with Gasteiger partial charge in [-0.25, -0.2) is 13.8 Å². The van der Waals surface area contributed by atoms with Crippen LogP contribution in [0.5, 0.6) is 5.75 Å². The molecule has 9 heteroatoms. The number of nitrogens with zero attached hydrogens (tertiary/aromatic N) is 3. The molecule has 0 spiro atoms. The summed E-state index contributed by atoms with van der Waals surface area (Å²) in [5.41, 5.74) is 2.41. The van der Waals surface area contributed by atoms with Crippen LogP contribution in [0.4, 0.5) is 8.78 Å². The number of hydrogen-bond donors (Lipinski definition) is 0. The summed E-state index contributed by atoms with van der Waals surface area (Å²) in [7, 11) is 0. The van der Waals surface area contributed by atoms with Crippen molar-refractivity contribution >= 4 is 0 Å². The molecule has 0 bridgehead atoms. The van der Waals surface area contributed by atoms with E-state index >= 15 is 0 Å². The molecule has 3 aromatic rings. The van der Waals surface area contributed by atoms with Gasteiger partial charge in [-0.15, -0.1) is 0 Å². The molecule has 0 unspecified atom stereocenters. The fourth-order valence-corrected chi connectivity index (χ4v) is 2.53. The highest BCUT2D eigenvalue weighted by Gasteiger charge is 2.23. The van der Waals surface area contributed by atoms with Crippen LogP contribution in [-0.2, 0) is 17.8 Å². The maximum absolute atomic E-state index is 12.1. The Morgan fingerprint density at radius 1 is 1.28 bits per heavy atom. The quantitative estimate of drug-likeness (QED) is 0.700. The van der Waals surface area contributed by atoms with Crippen LogP contribution >= 0.6 is 0 Å². The van der Waals surface area contributed by atoms with Gasteiger partial charge in [0, 0.05) is 17.5 Å². The summed E-state index contributed by atoms with van der Waals surface area (Å²) in [4.78, 5) is 8.40.